The zero-order chi connectivity index (χ0) is 71.3. The standard InChI is InChI=1S/C100H72O4/c1-57-9-25-65(26-10-57)81-82(66-27-11-58(2)12-28-66)90-74-45-47-76(48-46-74)92-85(69-33-17-61(5)18-34-69)86(70-35-19-62(6)20-36-70)94(99(92)103)78-53-55-80(56-54-78)96-88(72-39-23-64(8)24-40-72)87(71-37-21-63(7)22-38-71)95(100(96)104)79-51-49-77(50-52-79)93-84(68-31-15-60(4)16-32-68)83(67-29-13-59(3)14-30-67)91(98(93)102)75-43-41-73(42-44-75)89(81)97(90)101/h9-56H,1-8H3. The average Bonchev–Trinajstić information content (AvgIpc) is 1.58. The Morgan fingerprint density at radius 1 is 0.106 bits per heavy atom. The molecule has 0 fully saturated rings. The summed E-state index contributed by atoms with van der Waals surface area (Å²) in [5, 5.41) is 0. The Balaban J connectivity index is 0.949. The van der Waals surface area contributed by atoms with Gasteiger partial charge in [0, 0.05) is 89.2 Å². The zero-order valence-electron chi connectivity index (χ0n) is 59.3. The minimum Gasteiger partial charge on any atom is -0.289 e. The zero-order valence-corrected chi connectivity index (χ0v) is 59.3. The molecule has 0 radical (unpaired) electrons. The molecule has 11 aliphatic carbocycles. The topological polar surface area (TPSA) is 68.3 Å². The number of aryl methyl sites for hydroxylation is 8. The van der Waals surface area contributed by atoms with Gasteiger partial charge in [0.25, 0.3) is 0 Å². The van der Waals surface area contributed by atoms with Crippen molar-refractivity contribution in [3.05, 3.63) is 425 Å². The summed E-state index contributed by atoms with van der Waals surface area (Å²) < 4.78 is 0. The number of ketones is 4. The van der Waals surface area contributed by atoms with E-state index < -0.39 is 0 Å². The lowest BCUT2D eigenvalue weighted by atomic mass is 9.87. The maximum absolute atomic E-state index is 16.4. The van der Waals surface area contributed by atoms with Crippen LogP contribution in [0, 0.1) is 55.4 Å². The lowest BCUT2D eigenvalue weighted by molar-refractivity contribution is -0.109. The van der Waals surface area contributed by atoms with Crippen LogP contribution in [0.4, 0.5) is 0 Å². The second-order valence-corrected chi connectivity index (χ2v) is 28.6. The third-order valence-corrected chi connectivity index (χ3v) is 21.4. The summed E-state index contributed by atoms with van der Waals surface area (Å²) in [7, 11) is 0. The first kappa shape index (κ1) is 64.6. The molecule has 12 aromatic rings. The molecule has 0 aromatic heterocycles. The van der Waals surface area contributed by atoms with Crippen molar-refractivity contribution in [2.75, 3.05) is 0 Å². The summed E-state index contributed by atoms with van der Waals surface area (Å²) in [5.74, 6) is -0.557. The van der Waals surface area contributed by atoms with Gasteiger partial charge < -0.3 is 0 Å². The van der Waals surface area contributed by atoms with E-state index >= 15 is 19.2 Å². The molecule has 11 aliphatic rings. The summed E-state index contributed by atoms with van der Waals surface area (Å²) in [5.41, 5.74) is 32.2. The molecule has 4 nitrogen and oxygen atoms in total. The fourth-order valence-corrected chi connectivity index (χ4v) is 15.9. The van der Waals surface area contributed by atoms with E-state index in [9.17, 15) is 0 Å². The van der Waals surface area contributed by atoms with Gasteiger partial charge in [-0.15, -0.1) is 0 Å². The fourth-order valence-electron chi connectivity index (χ4n) is 15.9. The minimum absolute atomic E-state index is 0.139. The number of carbonyl (C=O) groups excluding carboxylic acids is 4. The second-order valence-electron chi connectivity index (χ2n) is 28.6. The van der Waals surface area contributed by atoms with Crippen molar-refractivity contribution in [3.8, 4) is 0 Å². The lowest BCUT2D eigenvalue weighted by Gasteiger charge is -2.16. The van der Waals surface area contributed by atoms with Crippen LogP contribution in [0.5, 0.6) is 0 Å². The van der Waals surface area contributed by atoms with E-state index in [1.165, 1.54) is 0 Å². The number of carbonyl (C=O) groups is 4. The van der Waals surface area contributed by atoms with Crippen LogP contribution in [-0.2, 0) is 19.2 Å². The number of Topliss-reactive ketones (excluding diaryl/α,β-unsaturated/α-hetero) is 4. The van der Waals surface area contributed by atoms with Crippen molar-refractivity contribution in [1.82, 2.24) is 0 Å². The molecule has 496 valence electrons. The van der Waals surface area contributed by atoms with Gasteiger partial charge >= 0.3 is 0 Å². The molecule has 0 saturated heterocycles. The van der Waals surface area contributed by atoms with Crippen LogP contribution in [-0.4, -0.2) is 23.1 Å². The Morgan fingerprint density at radius 2 is 0.173 bits per heavy atom. The number of hydrogen-bond donors (Lipinski definition) is 0. The first-order chi connectivity index (χ1) is 50.5. The van der Waals surface area contributed by atoms with Gasteiger partial charge in [-0.2, -0.15) is 0 Å². The summed E-state index contributed by atoms with van der Waals surface area (Å²) >= 11 is 0. The van der Waals surface area contributed by atoms with Gasteiger partial charge in [-0.05, 0) is 144 Å². The Hall–Kier alpha value is -12.8. The molecule has 0 atom stereocenters. The van der Waals surface area contributed by atoms with Gasteiger partial charge in [0.15, 0.2) is 23.1 Å². The molecule has 0 heterocycles. The van der Waals surface area contributed by atoms with Crippen LogP contribution in [0.25, 0.3) is 89.2 Å². The van der Waals surface area contributed by atoms with E-state index in [-0.39, 0.29) is 23.1 Å². The summed E-state index contributed by atoms with van der Waals surface area (Å²) in [6, 6.07) is 99.4. The van der Waals surface area contributed by atoms with Gasteiger partial charge in [-0.25, -0.2) is 0 Å². The van der Waals surface area contributed by atoms with E-state index in [0.717, 1.165) is 134 Å². The molecule has 0 amide bonds. The van der Waals surface area contributed by atoms with Crippen LogP contribution in [0.15, 0.2) is 291 Å². The van der Waals surface area contributed by atoms with Crippen molar-refractivity contribution in [2.45, 2.75) is 55.4 Å². The van der Waals surface area contributed by atoms with Crippen LogP contribution in [0.1, 0.15) is 134 Å². The maximum atomic E-state index is 16.4. The summed E-state index contributed by atoms with van der Waals surface area (Å²) in [4.78, 5) is 65.7. The fraction of sp³-hybridized carbons (Fsp3) is 0.0800. The molecule has 0 aliphatic heterocycles. The van der Waals surface area contributed by atoms with Gasteiger partial charge in [0.1, 0.15) is 0 Å². The minimum atomic E-state index is -0.139. The van der Waals surface area contributed by atoms with E-state index in [1.54, 1.807) is 0 Å². The van der Waals surface area contributed by atoms with E-state index in [4.69, 9.17) is 0 Å². The molecular formula is C100H72O4. The van der Waals surface area contributed by atoms with Gasteiger partial charge in [-0.3, -0.25) is 19.2 Å². The summed E-state index contributed by atoms with van der Waals surface area (Å²) in [6.07, 6.45) is 0. The largest absolute Gasteiger partial charge is 0.289 e. The highest BCUT2D eigenvalue weighted by Gasteiger charge is 2.42. The number of allylic oxidation sites excluding steroid dienone is 16. The van der Waals surface area contributed by atoms with Crippen LogP contribution < -0.4 is 0 Å². The molecular weight excluding hydrogens is 1270 g/mol. The monoisotopic (exact) mass is 1340 g/mol. The van der Waals surface area contributed by atoms with E-state index in [2.05, 4.69) is 250 Å². The van der Waals surface area contributed by atoms with Crippen LogP contribution >= 0.6 is 0 Å². The molecule has 16 bridgehead atoms. The molecule has 12 aromatic carbocycles. The number of hydrogen-bond acceptors (Lipinski definition) is 4. The molecule has 0 N–H and O–H groups in total. The maximum Gasteiger partial charge on any atom is 0.195 e. The SMILES string of the molecule is Cc1ccc(C2=C3C(=O)C(=C2c2ccc(C)cc2)c2ccc(cc2)C2=C(c4ccc(C)cc4)C(c4ccc(C)cc4)=C(C2=O)c2ccc(cc2)C2=C(c4ccc(C)cc4)C(c4ccc(C)cc4)=C(C2=O)c2ccc(cc2)C2=C(c4ccc(C)cc4)C(c4ccc(C)cc4)=C(C2=O)c2ccc3cc2)cc1. The van der Waals surface area contributed by atoms with Crippen molar-refractivity contribution in [2.24, 2.45) is 0 Å². The highest BCUT2D eigenvalue weighted by atomic mass is 16.1. The van der Waals surface area contributed by atoms with Gasteiger partial charge in [-0.1, -0.05) is 336 Å². The highest BCUT2D eigenvalue weighted by Crippen LogP contribution is 2.56. The molecule has 104 heavy (non-hydrogen) atoms. The van der Waals surface area contributed by atoms with Crippen molar-refractivity contribution in [1.29, 1.82) is 0 Å². The predicted molar refractivity (Wildman–Crippen MR) is 430 cm³/mol. The summed E-state index contributed by atoms with van der Waals surface area (Å²) in [6.45, 7) is 16.6. The molecule has 23 rings (SSSR count). The Morgan fingerprint density at radius 3 is 0.260 bits per heavy atom. The van der Waals surface area contributed by atoms with Crippen molar-refractivity contribution < 1.29 is 19.2 Å². The molecule has 0 spiro atoms. The first-order valence-electron chi connectivity index (χ1n) is 35.7. The average molecular weight is 1340 g/mol. The lowest BCUT2D eigenvalue weighted by Crippen LogP contribution is -2.05. The van der Waals surface area contributed by atoms with Crippen LogP contribution in [0.2, 0.25) is 0 Å². The molecule has 0 saturated carbocycles. The number of rotatable bonds is 8. The highest BCUT2D eigenvalue weighted by molar-refractivity contribution is 6.62. The van der Waals surface area contributed by atoms with Gasteiger partial charge in [0.2, 0.25) is 0 Å². The Kier molecular flexibility index (Phi) is 16.0. The second kappa shape index (κ2) is 25.7. The Bertz CT molecular complexity index is 4810. The Labute approximate surface area is 607 Å². The third kappa shape index (κ3) is 11.0. The smallest absolute Gasteiger partial charge is 0.195 e. The van der Waals surface area contributed by atoms with E-state index in [0.29, 0.717) is 89.1 Å². The number of benzene rings is 12. The predicted octanol–water partition coefficient (Wildman–Crippen LogP) is 22.9. The van der Waals surface area contributed by atoms with Crippen molar-refractivity contribution in [3.63, 3.8) is 0 Å². The van der Waals surface area contributed by atoms with Gasteiger partial charge in [0.05, 0.1) is 0 Å². The third-order valence-electron chi connectivity index (χ3n) is 21.4. The van der Waals surface area contributed by atoms with Crippen LogP contribution in [0.3, 0.4) is 0 Å². The molecule has 0 unspecified atom stereocenters. The van der Waals surface area contributed by atoms with E-state index in [1.807, 2.05) is 97.1 Å². The molecule has 4 heteroatoms. The normalized spacial score (nSPS) is 15.1. The first-order valence-corrected chi connectivity index (χ1v) is 35.7. The quantitative estimate of drug-likeness (QED) is 0.152. The van der Waals surface area contributed by atoms with Crippen molar-refractivity contribution >= 4 is 112 Å².